The van der Waals surface area contributed by atoms with Crippen molar-refractivity contribution in [1.82, 2.24) is 20.9 Å². The number of likely N-dealkylation sites (N-methyl/N-ethyl adjacent to an activating group) is 1. The SMILES string of the molecule is CC(CC(=O)NCc1cccc(C(=O)NCCN(C)C)c1)C1CCNCC1. The van der Waals surface area contributed by atoms with Gasteiger partial charge in [-0.05, 0) is 69.6 Å². The summed E-state index contributed by atoms with van der Waals surface area (Å²) < 4.78 is 0. The predicted molar refractivity (Wildman–Crippen MR) is 109 cm³/mol. The molecule has 0 spiro atoms. The number of amides is 2. The van der Waals surface area contributed by atoms with Crippen LogP contribution in [0.5, 0.6) is 0 Å². The summed E-state index contributed by atoms with van der Waals surface area (Å²) >= 11 is 0. The molecule has 0 bridgehead atoms. The van der Waals surface area contributed by atoms with E-state index in [0.29, 0.717) is 36.9 Å². The first kappa shape index (κ1) is 21.4. The van der Waals surface area contributed by atoms with Crippen molar-refractivity contribution in [3.05, 3.63) is 35.4 Å². The molecule has 1 fully saturated rings. The molecule has 1 unspecified atom stereocenters. The lowest BCUT2D eigenvalue weighted by Crippen LogP contribution is -2.33. The van der Waals surface area contributed by atoms with Crippen LogP contribution in [0.15, 0.2) is 24.3 Å². The number of hydrogen-bond donors (Lipinski definition) is 3. The lowest BCUT2D eigenvalue weighted by Gasteiger charge is -2.27. The molecule has 1 aliphatic heterocycles. The summed E-state index contributed by atoms with van der Waals surface area (Å²) in [4.78, 5) is 26.5. The summed E-state index contributed by atoms with van der Waals surface area (Å²) in [5.41, 5.74) is 1.57. The van der Waals surface area contributed by atoms with E-state index < -0.39 is 0 Å². The molecule has 0 aliphatic carbocycles. The first-order valence-electron chi connectivity index (χ1n) is 9.95. The number of hydrogen-bond acceptors (Lipinski definition) is 4. The summed E-state index contributed by atoms with van der Waals surface area (Å²) in [6.07, 6.45) is 2.87. The van der Waals surface area contributed by atoms with Crippen LogP contribution in [0, 0.1) is 11.8 Å². The van der Waals surface area contributed by atoms with Crippen LogP contribution in [0.25, 0.3) is 0 Å². The Kier molecular flexibility index (Phi) is 8.75. The minimum absolute atomic E-state index is 0.0791. The fourth-order valence-corrected chi connectivity index (χ4v) is 3.46. The first-order chi connectivity index (χ1) is 13.0. The molecular weight excluding hydrogens is 340 g/mol. The van der Waals surface area contributed by atoms with Crippen LogP contribution in [-0.2, 0) is 11.3 Å². The molecule has 6 heteroatoms. The van der Waals surface area contributed by atoms with Gasteiger partial charge in [-0.15, -0.1) is 0 Å². The van der Waals surface area contributed by atoms with Gasteiger partial charge < -0.3 is 20.9 Å². The third kappa shape index (κ3) is 7.69. The van der Waals surface area contributed by atoms with Crippen LogP contribution in [0.1, 0.15) is 42.1 Å². The van der Waals surface area contributed by atoms with Crippen molar-refractivity contribution in [3.63, 3.8) is 0 Å². The van der Waals surface area contributed by atoms with E-state index in [0.717, 1.165) is 38.0 Å². The zero-order valence-electron chi connectivity index (χ0n) is 16.9. The molecule has 27 heavy (non-hydrogen) atoms. The second-order valence-electron chi connectivity index (χ2n) is 7.81. The molecule has 1 atom stereocenters. The second kappa shape index (κ2) is 11.0. The van der Waals surface area contributed by atoms with Gasteiger partial charge in [0.1, 0.15) is 0 Å². The van der Waals surface area contributed by atoms with Crippen molar-refractivity contribution in [3.8, 4) is 0 Å². The van der Waals surface area contributed by atoms with E-state index in [4.69, 9.17) is 0 Å². The molecular formula is C21H34N4O2. The van der Waals surface area contributed by atoms with E-state index in [2.05, 4.69) is 22.9 Å². The van der Waals surface area contributed by atoms with E-state index >= 15 is 0 Å². The third-order valence-electron chi connectivity index (χ3n) is 5.22. The van der Waals surface area contributed by atoms with Gasteiger partial charge >= 0.3 is 0 Å². The summed E-state index contributed by atoms with van der Waals surface area (Å²) in [6, 6.07) is 7.45. The minimum Gasteiger partial charge on any atom is -0.352 e. The number of carbonyl (C=O) groups excluding carboxylic acids is 2. The molecule has 1 aliphatic rings. The Morgan fingerprint density at radius 1 is 1.22 bits per heavy atom. The van der Waals surface area contributed by atoms with Crippen LogP contribution < -0.4 is 16.0 Å². The van der Waals surface area contributed by atoms with Crippen LogP contribution in [0.4, 0.5) is 0 Å². The quantitative estimate of drug-likeness (QED) is 0.614. The predicted octanol–water partition coefficient (Wildman–Crippen LogP) is 1.62. The number of nitrogens with one attached hydrogen (secondary N) is 3. The molecule has 2 rings (SSSR count). The Morgan fingerprint density at radius 2 is 1.96 bits per heavy atom. The van der Waals surface area contributed by atoms with E-state index in [1.807, 2.05) is 37.2 Å². The molecule has 0 radical (unpaired) electrons. The summed E-state index contributed by atoms with van der Waals surface area (Å²) in [6.45, 7) is 6.16. The number of benzene rings is 1. The van der Waals surface area contributed by atoms with Crippen LogP contribution in [0.2, 0.25) is 0 Å². The minimum atomic E-state index is -0.0791. The normalized spacial score (nSPS) is 16.1. The van der Waals surface area contributed by atoms with Crippen molar-refractivity contribution >= 4 is 11.8 Å². The number of piperidine rings is 1. The second-order valence-corrected chi connectivity index (χ2v) is 7.81. The average Bonchev–Trinajstić information content (AvgIpc) is 2.67. The Morgan fingerprint density at radius 3 is 2.67 bits per heavy atom. The molecule has 3 N–H and O–H groups in total. The zero-order valence-corrected chi connectivity index (χ0v) is 16.9. The zero-order chi connectivity index (χ0) is 19.6. The summed E-state index contributed by atoms with van der Waals surface area (Å²) in [7, 11) is 3.95. The van der Waals surface area contributed by atoms with Crippen LogP contribution in [-0.4, -0.2) is 57.0 Å². The fourth-order valence-electron chi connectivity index (χ4n) is 3.46. The maximum absolute atomic E-state index is 12.3. The molecule has 1 saturated heterocycles. The third-order valence-corrected chi connectivity index (χ3v) is 5.22. The van der Waals surface area contributed by atoms with Gasteiger partial charge in [-0.3, -0.25) is 9.59 Å². The molecule has 150 valence electrons. The molecule has 1 aromatic carbocycles. The Hall–Kier alpha value is -1.92. The highest BCUT2D eigenvalue weighted by Crippen LogP contribution is 2.24. The molecule has 6 nitrogen and oxygen atoms in total. The van der Waals surface area contributed by atoms with Crippen molar-refractivity contribution in [2.45, 2.75) is 32.7 Å². The first-order valence-corrected chi connectivity index (χ1v) is 9.95. The summed E-state index contributed by atoms with van der Waals surface area (Å²) in [5.74, 6) is 1.04. The highest BCUT2D eigenvalue weighted by atomic mass is 16.2. The van der Waals surface area contributed by atoms with E-state index in [9.17, 15) is 9.59 Å². The highest BCUT2D eigenvalue weighted by Gasteiger charge is 2.21. The smallest absolute Gasteiger partial charge is 0.251 e. The Bertz CT molecular complexity index is 612. The van der Waals surface area contributed by atoms with Gasteiger partial charge in [0.15, 0.2) is 0 Å². The Labute approximate surface area is 163 Å². The van der Waals surface area contributed by atoms with Crippen molar-refractivity contribution < 1.29 is 9.59 Å². The van der Waals surface area contributed by atoms with E-state index in [-0.39, 0.29) is 11.8 Å². The van der Waals surface area contributed by atoms with Gasteiger partial charge in [0, 0.05) is 31.6 Å². The van der Waals surface area contributed by atoms with E-state index in [1.54, 1.807) is 6.07 Å². The van der Waals surface area contributed by atoms with Gasteiger partial charge in [0.2, 0.25) is 5.91 Å². The van der Waals surface area contributed by atoms with Crippen molar-refractivity contribution in [2.75, 3.05) is 40.3 Å². The topological polar surface area (TPSA) is 73.5 Å². The molecule has 1 aromatic rings. The number of nitrogens with zero attached hydrogens (tertiary/aromatic N) is 1. The largest absolute Gasteiger partial charge is 0.352 e. The van der Waals surface area contributed by atoms with Gasteiger partial charge in [-0.25, -0.2) is 0 Å². The highest BCUT2D eigenvalue weighted by molar-refractivity contribution is 5.94. The van der Waals surface area contributed by atoms with Gasteiger partial charge in [0.25, 0.3) is 5.91 Å². The molecule has 2 amide bonds. The van der Waals surface area contributed by atoms with Gasteiger partial charge in [0.05, 0.1) is 0 Å². The maximum atomic E-state index is 12.3. The van der Waals surface area contributed by atoms with Crippen molar-refractivity contribution in [1.29, 1.82) is 0 Å². The average molecular weight is 375 g/mol. The van der Waals surface area contributed by atoms with Crippen LogP contribution in [0.3, 0.4) is 0 Å². The maximum Gasteiger partial charge on any atom is 0.251 e. The lowest BCUT2D eigenvalue weighted by atomic mass is 9.84. The fraction of sp³-hybridized carbons (Fsp3) is 0.619. The lowest BCUT2D eigenvalue weighted by molar-refractivity contribution is -0.122. The number of carbonyl (C=O) groups is 2. The van der Waals surface area contributed by atoms with Gasteiger partial charge in [-0.1, -0.05) is 19.1 Å². The van der Waals surface area contributed by atoms with Gasteiger partial charge in [-0.2, -0.15) is 0 Å². The molecule has 0 saturated carbocycles. The molecule has 1 heterocycles. The van der Waals surface area contributed by atoms with E-state index in [1.165, 1.54) is 0 Å². The van der Waals surface area contributed by atoms with Crippen LogP contribution >= 0.6 is 0 Å². The number of rotatable bonds is 9. The monoisotopic (exact) mass is 374 g/mol. The summed E-state index contributed by atoms with van der Waals surface area (Å²) in [5, 5.41) is 9.28. The van der Waals surface area contributed by atoms with Crippen molar-refractivity contribution in [2.24, 2.45) is 11.8 Å². The Balaban J connectivity index is 1.77. The molecule has 0 aromatic heterocycles. The standard InChI is InChI=1S/C21H34N4O2/c1-16(18-7-9-22-10-8-18)13-20(26)24-15-17-5-4-6-19(14-17)21(27)23-11-12-25(2)3/h4-6,14,16,18,22H,7-13,15H2,1-3H3,(H,23,27)(H,24,26).